The minimum atomic E-state index is -1.10. The van der Waals surface area contributed by atoms with Gasteiger partial charge in [0.2, 0.25) is 11.8 Å². The number of nitrogens with two attached hydrogens (primary N) is 1. The van der Waals surface area contributed by atoms with Gasteiger partial charge in [-0.15, -0.1) is 0 Å². The average Bonchev–Trinajstić information content (AvgIpc) is 3.02. The second kappa shape index (κ2) is 5.44. The molecular weight excluding hydrogens is 273 g/mol. The first-order chi connectivity index (χ1) is 10.1. The molecule has 0 saturated carbocycles. The Morgan fingerprint density at radius 3 is 2.86 bits per heavy atom. The van der Waals surface area contributed by atoms with Gasteiger partial charge in [-0.25, -0.2) is 4.39 Å². The quantitative estimate of drug-likeness (QED) is 0.880. The van der Waals surface area contributed by atoms with Crippen molar-refractivity contribution in [1.82, 2.24) is 4.90 Å². The van der Waals surface area contributed by atoms with Gasteiger partial charge in [-0.2, -0.15) is 0 Å². The van der Waals surface area contributed by atoms with E-state index in [0.717, 1.165) is 17.7 Å². The number of benzene rings is 1. The van der Waals surface area contributed by atoms with E-state index in [2.05, 4.69) is 0 Å². The molecule has 1 fully saturated rings. The zero-order valence-corrected chi connectivity index (χ0v) is 11.7. The number of alkyl halides is 1. The molecule has 0 spiro atoms. The summed E-state index contributed by atoms with van der Waals surface area (Å²) in [6.45, 7) is 0.753. The molecule has 0 radical (unpaired) electrons. The van der Waals surface area contributed by atoms with Crippen LogP contribution in [0.5, 0.6) is 0 Å². The summed E-state index contributed by atoms with van der Waals surface area (Å²) in [5, 5.41) is 0. The molecule has 2 aliphatic heterocycles. The zero-order chi connectivity index (χ0) is 15.0. The van der Waals surface area contributed by atoms with E-state index in [0.29, 0.717) is 6.54 Å². The highest BCUT2D eigenvalue weighted by atomic mass is 19.1. The summed E-state index contributed by atoms with van der Waals surface area (Å²) in [6, 6.07) is 7.08. The van der Waals surface area contributed by atoms with Gasteiger partial charge in [-0.05, 0) is 18.1 Å². The molecule has 6 heteroatoms. The minimum Gasteiger partial charge on any atom is -0.368 e. The molecule has 0 aromatic heterocycles. The number of nitrogens with zero attached hydrogens (tertiary/aromatic N) is 2. The van der Waals surface area contributed by atoms with E-state index in [1.165, 1.54) is 0 Å². The summed E-state index contributed by atoms with van der Waals surface area (Å²) in [5.74, 6) is -0.676. The Bertz CT molecular complexity index is 578. The first-order valence-electron chi connectivity index (χ1n) is 7.12. The van der Waals surface area contributed by atoms with Crippen molar-refractivity contribution in [1.29, 1.82) is 0 Å². The van der Waals surface area contributed by atoms with Gasteiger partial charge in [0.15, 0.2) is 0 Å². The fourth-order valence-corrected chi connectivity index (χ4v) is 3.17. The van der Waals surface area contributed by atoms with Crippen molar-refractivity contribution in [3.05, 3.63) is 29.8 Å². The van der Waals surface area contributed by atoms with Gasteiger partial charge in [0.25, 0.3) is 0 Å². The van der Waals surface area contributed by atoms with Crippen molar-refractivity contribution in [2.24, 2.45) is 5.73 Å². The topological polar surface area (TPSA) is 66.6 Å². The molecule has 5 nitrogen and oxygen atoms in total. The number of hydrogen-bond donors (Lipinski definition) is 1. The number of hydrogen-bond acceptors (Lipinski definition) is 3. The molecule has 0 bridgehead atoms. The van der Waals surface area contributed by atoms with Crippen molar-refractivity contribution in [3.63, 3.8) is 0 Å². The summed E-state index contributed by atoms with van der Waals surface area (Å²) in [6.07, 6.45) is -0.187. The third kappa shape index (κ3) is 2.63. The van der Waals surface area contributed by atoms with Crippen LogP contribution < -0.4 is 10.6 Å². The molecule has 1 aromatic carbocycles. The molecule has 2 aliphatic rings. The first-order valence-corrected chi connectivity index (χ1v) is 7.12. The van der Waals surface area contributed by atoms with Crippen LogP contribution in [-0.4, -0.2) is 48.6 Å². The maximum atomic E-state index is 13.5. The second-order valence-corrected chi connectivity index (χ2v) is 5.60. The summed E-state index contributed by atoms with van der Waals surface area (Å²) in [4.78, 5) is 27.1. The van der Waals surface area contributed by atoms with E-state index in [4.69, 9.17) is 5.73 Å². The summed E-state index contributed by atoms with van der Waals surface area (Å²) in [7, 11) is 0. The molecule has 1 aromatic rings. The van der Waals surface area contributed by atoms with Crippen LogP contribution in [0.25, 0.3) is 0 Å². The molecule has 0 aliphatic carbocycles. The number of primary amides is 1. The number of amides is 2. The molecule has 2 heterocycles. The molecule has 2 atom stereocenters. The average molecular weight is 291 g/mol. The van der Waals surface area contributed by atoms with E-state index in [1.54, 1.807) is 9.80 Å². The predicted molar refractivity (Wildman–Crippen MR) is 76.6 cm³/mol. The molecule has 2 amide bonds. The number of fused-ring (bicyclic) bond motifs is 1. The van der Waals surface area contributed by atoms with Crippen molar-refractivity contribution in [3.8, 4) is 0 Å². The van der Waals surface area contributed by atoms with Gasteiger partial charge in [-0.3, -0.25) is 14.5 Å². The fourth-order valence-electron chi connectivity index (χ4n) is 3.17. The fraction of sp³-hybridized carbons (Fsp3) is 0.467. The maximum Gasteiger partial charge on any atom is 0.241 e. The van der Waals surface area contributed by atoms with E-state index in [1.807, 2.05) is 24.3 Å². The minimum absolute atomic E-state index is 0.0301. The normalized spacial score (nSPS) is 25.1. The highest BCUT2D eigenvalue weighted by Crippen LogP contribution is 2.28. The second-order valence-electron chi connectivity index (χ2n) is 5.60. The summed E-state index contributed by atoms with van der Waals surface area (Å²) in [5.41, 5.74) is 7.34. The number of anilines is 1. The highest BCUT2D eigenvalue weighted by molar-refractivity contribution is 5.97. The van der Waals surface area contributed by atoms with Gasteiger partial charge in [0, 0.05) is 25.2 Å². The van der Waals surface area contributed by atoms with Crippen LogP contribution >= 0.6 is 0 Å². The van der Waals surface area contributed by atoms with Crippen LogP contribution in [0.3, 0.4) is 0 Å². The van der Waals surface area contributed by atoms with Gasteiger partial charge in [0.1, 0.15) is 6.17 Å². The summed E-state index contributed by atoms with van der Waals surface area (Å²) >= 11 is 0. The van der Waals surface area contributed by atoms with E-state index >= 15 is 0 Å². The Labute approximate surface area is 122 Å². The van der Waals surface area contributed by atoms with Crippen LogP contribution in [-0.2, 0) is 16.0 Å². The Morgan fingerprint density at radius 1 is 1.33 bits per heavy atom. The van der Waals surface area contributed by atoms with Crippen molar-refractivity contribution in [2.75, 3.05) is 24.5 Å². The first kappa shape index (κ1) is 14.0. The highest BCUT2D eigenvalue weighted by Gasteiger charge is 2.38. The van der Waals surface area contributed by atoms with E-state index < -0.39 is 18.1 Å². The Morgan fingerprint density at radius 2 is 2.10 bits per heavy atom. The number of para-hydroxylation sites is 1. The molecule has 3 rings (SSSR count). The van der Waals surface area contributed by atoms with Crippen LogP contribution in [0.15, 0.2) is 24.3 Å². The lowest BCUT2D eigenvalue weighted by Gasteiger charge is -2.24. The van der Waals surface area contributed by atoms with Crippen molar-refractivity contribution >= 4 is 17.5 Å². The number of halogens is 1. The number of carbonyl (C=O) groups excluding carboxylic acids is 2. The SMILES string of the molecule is NC(=O)[C@@H]1C[C@@H](F)CN1CC(=O)N1CCc2ccccc21. The van der Waals surface area contributed by atoms with E-state index in [-0.39, 0.29) is 25.4 Å². The number of rotatable bonds is 3. The van der Waals surface area contributed by atoms with E-state index in [9.17, 15) is 14.0 Å². The van der Waals surface area contributed by atoms with Crippen LogP contribution in [0, 0.1) is 0 Å². The van der Waals surface area contributed by atoms with Gasteiger partial charge >= 0.3 is 0 Å². The lowest BCUT2D eigenvalue weighted by molar-refractivity contribution is -0.124. The predicted octanol–water partition coefficient (Wildman–Crippen LogP) is 0.473. The largest absolute Gasteiger partial charge is 0.368 e. The molecule has 0 unspecified atom stereocenters. The smallest absolute Gasteiger partial charge is 0.241 e. The monoisotopic (exact) mass is 291 g/mol. The standard InChI is InChI=1S/C15H18FN3O2/c16-11-7-13(15(17)21)18(8-11)9-14(20)19-6-5-10-3-1-2-4-12(10)19/h1-4,11,13H,5-9H2,(H2,17,21)/t11-,13+/m1/s1. The third-order valence-electron chi connectivity index (χ3n) is 4.21. The van der Waals surface area contributed by atoms with Crippen LogP contribution in [0.1, 0.15) is 12.0 Å². The van der Waals surface area contributed by atoms with Crippen LogP contribution in [0.2, 0.25) is 0 Å². The maximum absolute atomic E-state index is 13.5. The van der Waals surface area contributed by atoms with Gasteiger partial charge in [-0.1, -0.05) is 18.2 Å². The van der Waals surface area contributed by atoms with Gasteiger partial charge < -0.3 is 10.6 Å². The molecule has 21 heavy (non-hydrogen) atoms. The molecular formula is C15H18FN3O2. The lowest BCUT2D eigenvalue weighted by atomic mass is 10.2. The zero-order valence-electron chi connectivity index (χ0n) is 11.7. The number of carbonyl (C=O) groups is 2. The summed E-state index contributed by atoms with van der Waals surface area (Å²) < 4.78 is 13.5. The molecule has 112 valence electrons. The molecule has 2 N–H and O–H groups in total. The van der Waals surface area contributed by atoms with Crippen LogP contribution in [0.4, 0.5) is 10.1 Å². The Balaban J connectivity index is 1.71. The molecule has 1 saturated heterocycles. The number of likely N-dealkylation sites (tertiary alicyclic amines) is 1. The Hall–Kier alpha value is -1.95. The van der Waals surface area contributed by atoms with Gasteiger partial charge in [0.05, 0.1) is 12.6 Å². The van der Waals surface area contributed by atoms with Crippen molar-refractivity contribution in [2.45, 2.75) is 25.1 Å². The third-order valence-corrected chi connectivity index (χ3v) is 4.21. The lowest BCUT2D eigenvalue weighted by Crippen LogP contribution is -2.46. The van der Waals surface area contributed by atoms with Crippen molar-refractivity contribution < 1.29 is 14.0 Å². The Kier molecular flexibility index (Phi) is 3.63.